The fourth-order valence-electron chi connectivity index (χ4n) is 4.59. The SMILES string of the molecule is CCC(NC(=O)OCC1c2ccccc2-c2ccccc21)C(=O)N1CC(C)(OCC(=O)O)C1. The van der Waals surface area contributed by atoms with Crippen LogP contribution in [0.1, 0.15) is 37.3 Å². The van der Waals surface area contributed by atoms with Crippen molar-refractivity contribution in [2.45, 2.75) is 37.8 Å². The van der Waals surface area contributed by atoms with E-state index in [0.717, 1.165) is 22.3 Å². The molecule has 1 saturated heterocycles. The van der Waals surface area contributed by atoms with E-state index in [0.29, 0.717) is 6.42 Å². The number of benzene rings is 2. The van der Waals surface area contributed by atoms with Crippen LogP contribution in [-0.4, -0.2) is 65.9 Å². The number of carboxylic acid groups (broad SMARTS) is 1. The van der Waals surface area contributed by atoms with Crippen molar-refractivity contribution in [2.75, 3.05) is 26.3 Å². The molecule has 0 saturated carbocycles. The Morgan fingerprint density at radius 1 is 1.09 bits per heavy atom. The molecular weight excluding hydrogens is 424 g/mol. The zero-order valence-electron chi connectivity index (χ0n) is 18.7. The first kappa shape index (κ1) is 22.8. The molecule has 33 heavy (non-hydrogen) atoms. The third kappa shape index (κ3) is 4.71. The third-order valence-corrected chi connectivity index (χ3v) is 6.25. The Labute approximate surface area is 192 Å². The number of rotatable bonds is 8. The van der Waals surface area contributed by atoms with Gasteiger partial charge in [0.25, 0.3) is 0 Å². The summed E-state index contributed by atoms with van der Waals surface area (Å²) in [6, 6.07) is 15.5. The van der Waals surface area contributed by atoms with Crippen molar-refractivity contribution in [3.8, 4) is 11.1 Å². The van der Waals surface area contributed by atoms with E-state index in [9.17, 15) is 14.4 Å². The summed E-state index contributed by atoms with van der Waals surface area (Å²) < 4.78 is 10.9. The third-order valence-electron chi connectivity index (χ3n) is 6.25. The Kier molecular flexibility index (Phi) is 6.37. The number of carboxylic acids is 1. The molecule has 8 nitrogen and oxygen atoms in total. The summed E-state index contributed by atoms with van der Waals surface area (Å²) in [6.07, 6.45) is -0.228. The second kappa shape index (κ2) is 9.23. The van der Waals surface area contributed by atoms with E-state index in [1.807, 2.05) is 43.3 Å². The van der Waals surface area contributed by atoms with E-state index in [-0.39, 0.29) is 31.5 Å². The highest BCUT2D eigenvalue weighted by Gasteiger charge is 2.44. The Morgan fingerprint density at radius 2 is 1.67 bits per heavy atom. The largest absolute Gasteiger partial charge is 0.480 e. The molecule has 1 heterocycles. The Morgan fingerprint density at radius 3 is 2.21 bits per heavy atom. The van der Waals surface area contributed by atoms with Gasteiger partial charge in [0.2, 0.25) is 5.91 Å². The summed E-state index contributed by atoms with van der Waals surface area (Å²) in [4.78, 5) is 37.6. The molecule has 0 spiro atoms. The molecule has 1 atom stereocenters. The van der Waals surface area contributed by atoms with Crippen LogP contribution in [0.5, 0.6) is 0 Å². The number of nitrogens with zero attached hydrogens (tertiary/aromatic N) is 1. The molecule has 2 aromatic rings. The van der Waals surface area contributed by atoms with Crippen molar-refractivity contribution in [1.29, 1.82) is 0 Å². The maximum atomic E-state index is 12.8. The topological polar surface area (TPSA) is 105 Å². The number of likely N-dealkylation sites (tertiary alicyclic amines) is 1. The monoisotopic (exact) mass is 452 g/mol. The van der Waals surface area contributed by atoms with Crippen LogP contribution in [0.15, 0.2) is 48.5 Å². The van der Waals surface area contributed by atoms with E-state index < -0.39 is 30.3 Å². The number of aliphatic carboxylic acids is 1. The van der Waals surface area contributed by atoms with Gasteiger partial charge in [-0.25, -0.2) is 9.59 Å². The van der Waals surface area contributed by atoms with Gasteiger partial charge in [-0.15, -0.1) is 0 Å². The normalized spacial score (nSPS) is 16.8. The van der Waals surface area contributed by atoms with E-state index in [2.05, 4.69) is 17.4 Å². The predicted molar refractivity (Wildman–Crippen MR) is 121 cm³/mol. The average Bonchev–Trinajstić information content (AvgIpc) is 3.11. The number of carbonyl (C=O) groups is 3. The molecule has 2 aliphatic rings. The molecule has 0 radical (unpaired) electrons. The molecule has 2 N–H and O–H groups in total. The van der Waals surface area contributed by atoms with Gasteiger partial charge >= 0.3 is 12.1 Å². The predicted octanol–water partition coefficient (Wildman–Crippen LogP) is 3.01. The number of hydrogen-bond acceptors (Lipinski definition) is 5. The lowest BCUT2D eigenvalue weighted by molar-refractivity contribution is -0.174. The van der Waals surface area contributed by atoms with Gasteiger partial charge in [-0.1, -0.05) is 55.5 Å². The molecule has 1 fully saturated rings. The van der Waals surface area contributed by atoms with E-state index in [1.165, 1.54) is 0 Å². The molecule has 2 amide bonds. The molecule has 4 rings (SSSR count). The minimum absolute atomic E-state index is 0.0543. The number of hydrogen-bond donors (Lipinski definition) is 2. The standard InChI is InChI=1S/C25H28N2O6/c1-3-21(23(30)27-14-25(2,15-27)33-13-22(28)29)26-24(31)32-12-20-18-10-6-4-8-16(18)17-9-5-7-11-19(17)20/h4-11,20-21H,3,12-15H2,1-2H3,(H,26,31)(H,28,29). The van der Waals surface area contributed by atoms with Crippen LogP contribution in [0, 0.1) is 0 Å². The average molecular weight is 453 g/mol. The minimum atomic E-state index is -1.05. The van der Waals surface area contributed by atoms with Crippen molar-refractivity contribution in [2.24, 2.45) is 0 Å². The summed E-state index contributed by atoms with van der Waals surface area (Å²) in [5.41, 5.74) is 3.85. The van der Waals surface area contributed by atoms with Crippen molar-refractivity contribution in [1.82, 2.24) is 10.2 Å². The second-order valence-electron chi connectivity index (χ2n) is 8.76. The number of ether oxygens (including phenoxy) is 2. The van der Waals surface area contributed by atoms with Gasteiger partial charge in [0.05, 0.1) is 13.1 Å². The number of fused-ring (bicyclic) bond motifs is 3. The summed E-state index contributed by atoms with van der Waals surface area (Å²) in [5.74, 6) is -1.34. The zero-order chi connectivity index (χ0) is 23.6. The lowest BCUT2D eigenvalue weighted by Gasteiger charge is -2.48. The molecule has 174 valence electrons. The van der Waals surface area contributed by atoms with Gasteiger partial charge in [0.15, 0.2) is 0 Å². The molecule has 0 aromatic heterocycles. The fraction of sp³-hybridized carbons (Fsp3) is 0.400. The van der Waals surface area contributed by atoms with Gasteiger partial charge < -0.3 is 24.8 Å². The lowest BCUT2D eigenvalue weighted by Crippen LogP contribution is -2.66. The van der Waals surface area contributed by atoms with Crippen molar-refractivity contribution in [3.05, 3.63) is 59.7 Å². The highest BCUT2D eigenvalue weighted by atomic mass is 16.5. The first-order valence-electron chi connectivity index (χ1n) is 11.1. The van der Waals surface area contributed by atoms with Crippen LogP contribution in [0.25, 0.3) is 11.1 Å². The van der Waals surface area contributed by atoms with Crippen LogP contribution in [0.3, 0.4) is 0 Å². The van der Waals surface area contributed by atoms with Gasteiger partial charge in [0.1, 0.15) is 24.9 Å². The van der Waals surface area contributed by atoms with Gasteiger partial charge in [-0.05, 0) is 35.6 Å². The molecular formula is C25H28N2O6. The smallest absolute Gasteiger partial charge is 0.407 e. The lowest BCUT2D eigenvalue weighted by atomic mass is 9.95. The summed E-state index contributed by atoms with van der Waals surface area (Å²) >= 11 is 0. The van der Waals surface area contributed by atoms with E-state index in [4.69, 9.17) is 14.6 Å². The van der Waals surface area contributed by atoms with E-state index >= 15 is 0 Å². The molecule has 1 aliphatic heterocycles. The number of carbonyl (C=O) groups excluding carboxylic acids is 2. The maximum Gasteiger partial charge on any atom is 0.407 e. The number of nitrogens with one attached hydrogen (secondary N) is 1. The Hall–Kier alpha value is -3.39. The molecule has 0 bridgehead atoms. The number of amides is 2. The van der Waals surface area contributed by atoms with Crippen molar-refractivity contribution >= 4 is 18.0 Å². The zero-order valence-corrected chi connectivity index (χ0v) is 18.7. The minimum Gasteiger partial charge on any atom is -0.480 e. The highest BCUT2D eigenvalue weighted by Crippen LogP contribution is 2.44. The van der Waals surface area contributed by atoms with Crippen LogP contribution in [0.4, 0.5) is 4.79 Å². The fourth-order valence-corrected chi connectivity index (χ4v) is 4.59. The highest BCUT2D eigenvalue weighted by molar-refractivity contribution is 5.86. The summed E-state index contributed by atoms with van der Waals surface area (Å²) in [5, 5.41) is 11.4. The molecule has 8 heteroatoms. The van der Waals surface area contributed by atoms with E-state index in [1.54, 1.807) is 11.8 Å². The van der Waals surface area contributed by atoms with Crippen LogP contribution in [0.2, 0.25) is 0 Å². The molecule has 2 aromatic carbocycles. The molecule has 1 aliphatic carbocycles. The quantitative estimate of drug-likeness (QED) is 0.638. The second-order valence-corrected chi connectivity index (χ2v) is 8.76. The van der Waals surface area contributed by atoms with Crippen molar-refractivity contribution < 1.29 is 29.0 Å². The van der Waals surface area contributed by atoms with Gasteiger partial charge in [-0.3, -0.25) is 4.79 Å². The Bertz CT molecular complexity index is 1020. The summed E-state index contributed by atoms with van der Waals surface area (Å²) in [7, 11) is 0. The van der Waals surface area contributed by atoms with Crippen LogP contribution in [-0.2, 0) is 19.1 Å². The van der Waals surface area contributed by atoms with Crippen LogP contribution < -0.4 is 5.32 Å². The maximum absolute atomic E-state index is 12.8. The number of alkyl carbamates (subject to hydrolysis) is 1. The van der Waals surface area contributed by atoms with Gasteiger partial charge in [-0.2, -0.15) is 0 Å². The summed E-state index contributed by atoms with van der Waals surface area (Å²) in [6.45, 7) is 3.90. The first-order valence-corrected chi connectivity index (χ1v) is 11.1. The van der Waals surface area contributed by atoms with Crippen molar-refractivity contribution in [3.63, 3.8) is 0 Å². The van der Waals surface area contributed by atoms with Crippen LogP contribution >= 0.6 is 0 Å². The first-order chi connectivity index (χ1) is 15.8. The molecule has 1 unspecified atom stereocenters. The Balaban J connectivity index is 1.32. The van der Waals surface area contributed by atoms with Gasteiger partial charge in [0, 0.05) is 5.92 Å².